The van der Waals surface area contributed by atoms with Crippen molar-refractivity contribution in [3.63, 3.8) is 0 Å². The largest absolute Gasteiger partial charge is 0.382 e. The van der Waals surface area contributed by atoms with Crippen molar-refractivity contribution >= 4 is 27.2 Å². The minimum atomic E-state index is -3.69. The number of amides is 1. The van der Waals surface area contributed by atoms with Crippen molar-refractivity contribution in [1.29, 1.82) is 0 Å². The average Bonchev–Trinajstić information content (AvgIpc) is 3.40. The normalized spacial score (nSPS) is 21.7. The van der Waals surface area contributed by atoms with E-state index in [4.69, 9.17) is 16.5 Å². The standard InChI is InChI=1S/C27H29N7O3S/c1-38(36,37)25-24(18-11-19-8-9-20(12-18)33(19)15-23(28)35)32-27-21(14-31-34(27)26(25)29)17-7-10-22(30-13-17)16-5-3-2-4-6-16/h2-7,10,13-14,18-20H,8-9,11-12,15,29H2,1H3,(H2,28,35)/t18?,19-,20+. The average molecular weight is 532 g/mol. The summed E-state index contributed by atoms with van der Waals surface area (Å²) in [6, 6.07) is 14.1. The van der Waals surface area contributed by atoms with Crippen LogP contribution >= 0.6 is 0 Å². The zero-order chi connectivity index (χ0) is 26.6. The Labute approximate surface area is 220 Å². The molecule has 4 N–H and O–H groups in total. The van der Waals surface area contributed by atoms with Crippen LogP contribution in [0.15, 0.2) is 59.8 Å². The second kappa shape index (κ2) is 9.17. The van der Waals surface area contributed by atoms with Gasteiger partial charge in [-0.05, 0) is 31.7 Å². The molecule has 2 bridgehead atoms. The van der Waals surface area contributed by atoms with Gasteiger partial charge in [0.25, 0.3) is 0 Å². The van der Waals surface area contributed by atoms with Gasteiger partial charge in [0.1, 0.15) is 10.7 Å². The summed E-state index contributed by atoms with van der Waals surface area (Å²) in [7, 11) is -3.69. The number of carbonyl (C=O) groups excluding carboxylic acids is 1. The molecule has 6 rings (SSSR count). The number of hydrogen-bond acceptors (Lipinski definition) is 8. The minimum absolute atomic E-state index is 0.0324. The molecule has 0 saturated carbocycles. The number of fused-ring (bicyclic) bond motifs is 3. The van der Waals surface area contributed by atoms with Gasteiger partial charge in [-0.25, -0.2) is 13.4 Å². The van der Waals surface area contributed by atoms with Gasteiger partial charge in [0.2, 0.25) is 5.91 Å². The first-order chi connectivity index (χ1) is 18.2. The van der Waals surface area contributed by atoms with Gasteiger partial charge >= 0.3 is 0 Å². The van der Waals surface area contributed by atoms with Crippen molar-refractivity contribution in [3.05, 3.63) is 60.6 Å². The fourth-order valence-corrected chi connectivity index (χ4v) is 7.21. The highest BCUT2D eigenvalue weighted by Gasteiger charge is 2.43. The molecule has 10 nitrogen and oxygen atoms in total. The molecule has 5 heterocycles. The third-order valence-corrected chi connectivity index (χ3v) is 8.95. The van der Waals surface area contributed by atoms with E-state index in [1.54, 1.807) is 12.4 Å². The molecular formula is C27H29N7O3S. The number of sulfone groups is 1. The maximum Gasteiger partial charge on any atom is 0.231 e. The van der Waals surface area contributed by atoms with E-state index in [0.717, 1.165) is 41.5 Å². The van der Waals surface area contributed by atoms with Crippen molar-refractivity contribution < 1.29 is 13.2 Å². The SMILES string of the molecule is CS(=O)(=O)c1c(C2C[C@H]3CC[C@@H](C2)N3CC(N)=O)nc2c(-c3ccc(-c4ccccc4)nc3)cnn2c1N. The zero-order valence-electron chi connectivity index (χ0n) is 21.0. The second-order valence-corrected chi connectivity index (χ2v) is 12.2. The topological polar surface area (TPSA) is 150 Å². The Balaban J connectivity index is 1.43. The third kappa shape index (κ3) is 4.21. The Hall–Kier alpha value is -3.83. The number of piperidine rings is 1. The van der Waals surface area contributed by atoms with Crippen LogP contribution in [-0.4, -0.2) is 63.7 Å². The molecule has 38 heavy (non-hydrogen) atoms. The molecule has 0 aliphatic carbocycles. The molecule has 0 spiro atoms. The van der Waals surface area contributed by atoms with Gasteiger partial charge < -0.3 is 11.5 Å². The molecule has 1 amide bonds. The highest BCUT2D eigenvalue weighted by atomic mass is 32.2. The highest BCUT2D eigenvalue weighted by Crippen LogP contribution is 2.45. The number of aromatic nitrogens is 4. The molecule has 2 saturated heterocycles. The Kier molecular flexibility index (Phi) is 5.92. The van der Waals surface area contributed by atoms with Crippen molar-refractivity contribution in [3.8, 4) is 22.4 Å². The number of benzene rings is 1. The molecule has 1 aromatic carbocycles. The predicted octanol–water partition coefficient (Wildman–Crippen LogP) is 2.64. The Morgan fingerprint density at radius 2 is 1.74 bits per heavy atom. The van der Waals surface area contributed by atoms with E-state index >= 15 is 0 Å². The highest BCUT2D eigenvalue weighted by molar-refractivity contribution is 7.91. The van der Waals surface area contributed by atoms with Gasteiger partial charge in [-0.1, -0.05) is 36.4 Å². The van der Waals surface area contributed by atoms with Crippen LogP contribution in [-0.2, 0) is 14.6 Å². The lowest BCUT2D eigenvalue weighted by Crippen LogP contribution is -2.46. The van der Waals surface area contributed by atoms with Crippen molar-refractivity contribution in [2.75, 3.05) is 18.5 Å². The van der Waals surface area contributed by atoms with E-state index in [0.29, 0.717) is 24.2 Å². The number of nitrogens with zero attached hydrogens (tertiary/aromatic N) is 5. The van der Waals surface area contributed by atoms with Crippen molar-refractivity contribution in [1.82, 2.24) is 24.5 Å². The maximum atomic E-state index is 13.0. The van der Waals surface area contributed by atoms with Gasteiger partial charge in [0.05, 0.1) is 24.1 Å². The number of pyridine rings is 1. The summed E-state index contributed by atoms with van der Waals surface area (Å²) in [5.41, 5.74) is 16.3. The van der Waals surface area contributed by atoms with Crippen LogP contribution in [0.3, 0.4) is 0 Å². The fraction of sp³-hybridized carbons (Fsp3) is 0.333. The first-order valence-electron chi connectivity index (χ1n) is 12.6. The van der Waals surface area contributed by atoms with Crippen LogP contribution in [0.2, 0.25) is 0 Å². The minimum Gasteiger partial charge on any atom is -0.382 e. The van der Waals surface area contributed by atoms with E-state index in [-0.39, 0.29) is 41.2 Å². The smallest absolute Gasteiger partial charge is 0.231 e. The molecule has 196 valence electrons. The van der Waals surface area contributed by atoms with Crippen LogP contribution < -0.4 is 11.5 Å². The van der Waals surface area contributed by atoms with Gasteiger partial charge in [-0.15, -0.1) is 0 Å². The first kappa shape index (κ1) is 24.5. The molecule has 2 aliphatic rings. The van der Waals surface area contributed by atoms with Crippen LogP contribution in [0.4, 0.5) is 5.82 Å². The van der Waals surface area contributed by atoms with Crippen LogP contribution in [0, 0.1) is 0 Å². The second-order valence-electron chi connectivity index (χ2n) is 10.3. The van der Waals surface area contributed by atoms with E-state index in [2.05, 4.69) is 15.0 Å². The summed E-state index contributed by atoms with van der Waals surface area (Å²) in [5, 5.41) is 4.40. The Bertz CT molecular complexity index is 1620. The van der Waals surface area contributed by atoms with E-state index in [9.17, 15) is 13.2 Å². The van der Waals surface area contributed by atoms with Crippen LogP contribution in [0.5, 0.6) is 0 Å². The summed E-state index contributed by atoms with van der Waals surface area (Å²) in [4.78, 5) is 23.4. The molecule has 3 aromatic heterocycles. The molecule has 3 atom stereocenters. The van der Waals surface area contributed by atoms with Gasteiger partial charge in [0.15, 0.2) is 15.5 Å². The summed E-state index contributed by atoms with van der Waals surface area (Å²) >= 11 is 0. The van der Waals surface area contributed by atoms with E-state index in [1.807, 2.05) is 42.5 Å². The van der Waals surface area contributed by atoms with Crippen LogP contribution in [0.25, 0.3) is 28.0 Å². The first-order valence-corrected chi connectivity index (χ1v) is 14.5. The molecule has 2 aliphatic heterocycles. The molecule has 0 radical (unpaired) electrons. The van der Waals surface area contributed by atoms with Gasteiger partial charge in [-0.3, -0.25) is 14.7 Å². The molecular weight excluding hydrogens is 502 g/mol. The Morgan fingerprint density at radius 1 is 1.03 bits per heavy atom. The van der Waals surface area contributed by atoms with E-state index < -0.39 is 9.84 Å². The van der Waals surface area contributed by atoms with Gasteiger partial charge in [-0.2, -0.15) is 9.61 Å². The molecule has 4 aromatic rings. The number of nitrogens with two attached hydrogens (primary N) is 2. The predicted molar refractivity (Wildman–Crippen MR) is 144 cm³/mol. The monoisotopic (exact) mass is 531 g/mol. The summed E-state index contributed by atoms with van der Waals surface area (Å²) < 4.78 is 27.3. The maximum absolute atomic E-state index is 13.0. The lowest BCUT2D eigenvalue weighted by Gasteiger charge is -2.38. The quantitative estimate of drug-likeness (QED) is 0.386. The lowest BCUT2D eigenvalue weighted by molar-refractivity contribution is -0.120. The molecule has 11 heteroatoms. The number of hydrogen-bond donors (Lipinski definition) is 2. The van der Waals surface area contributed by atoms with Crippen molar-refractivity contribution in [2.45, 2.75) is 48.6 Å². The number of rotatable bonds is 6. The van der Waals surface area contributed by atoms with Crippen LogP contribution in [0.1, 0.15) is 37.3 Å². The van der Waals surface area contributed by atoms with E-state index in [1.165, 1.54) is 4.52 Å². The Morgan fingerprint density at radius 3 is 2.34 bits per heavy atom. The zero-order valence-corrected chi connectivity index (χ0v) is 21.8. The number of anilines is 1. The summed E-state index contributed by atoms with van der Waals surface area (Å²) in [6.07, 6.45) is 7.83. The molecule has 1 unspecified atom stereocenters. The summed E-state index contributed by atoms with van der Waals surface area (Å²) in [6.45, 7) is 0.217. The number of nitrogen functional groups attached to an aromatic ring is 1. The fourth-order valence-electron chi connectivity index (χ4n) is 6.15. The summed E-state index contributed by atoms with van der Waals surface area (Å²) in [5.74, 6) is -0.411. The van der Waals surface area contributed by atoms with Gasteiger partial charge in [0, 0.05) is 47.1 Å². The third-order valence-electron chi connectivity index (χ3n) is 7.79. The number of primary amides is 1. The molecule has 2 fully saturated rings. The van der Waals surface area contributed by atoms with Crippen molar-refractivity contribution in [2.24, 2.45) is 5.73 Å². The lowest BCUT2D eigenvalue weighted by atomic mass is 9.87. The number of carbonyl (C=O) groups is 1.